The Morgan fingerprint density at radius 2 is 1.57 bits per heavy atom. The summed E-state index contributed by atoms with van der Waals surface area (Å²) in [6.45, 7) is 0. The van der Waals surface area contributed by atoms with Crippen molar-refractivity contribution in [2.45, 2.75) is 5.03 Å². The normalized spacial score (nSPS) is 10.7. The fourth-order valence-corrected chi connectivity index (χ4v) is 3.93. The third-order valence-corrected chi connectivity index (χ3v) is 5.64. The fourth-order valence-electron chi connectivity index (χ4n) is 3.03. The highest BCUT2D eigenvalue weighted by Crippen LogP contribution is 2.31. The van der Waals surface area contributed by atoms with E-state index in [9.17, 15) is 4.79 Å². The van der Waals surface area contributed by atoms with Crippen molar-refractivity contribution >= 4 is 28.4 Å². The Bertz CT molecular complexity index is 1180. The third-order valence-electron chi connectivity index (χ3n) is 4.65. The first-order chi connectivity index (χ1) is 14.7. The first kappa shape index (κ1) is 19.9. The first-order valence-electron chi connectivity index (χ1n) is 9.39. The molecule has 0 spiro atoms. The Morgan fingerprint density at radius 1 is 0.867 bits per heavy atom. The number of hydrogen-bond donors (Lipinski definition) is 0. The number of carbonyl (C=O) groups excluding carboxylic acids is 1. The second-order valence-corrected chi connectivity index (χ2v) is 7.51. The van der Waals surface area contributed by atoms with Gasteiger partial charge in [-0.2, -0.15) is 0 Å². The molecule has 0 unspecified atom stereocenters. The van der Waals surface area contributed by atoms with Crippen LogP contribution in [-0.2, 0) is 0 Å². The minimum absolute atomic E-state index is 0.0265. The van der Waals surface area contributed by atoms with Crippen LogP contribution in [0, 0.1) is 0 Å². The topological polar surface area (TPSA) is 61.3 Å². The molecule has 0 amide bonds. The highest BCUT2D eigenvalue weighted by Gasteiger charge is 2.14. The van der Waals surface area contributed by atoms with Crippen molar-refractivity contribution in [1.82, 2.24) is 9.97 Å². The molecule has 0 atom stereocenters. The van der Waals surface area contributed by atoms with Crippen molar-refractivity contribution in [3.8, 4) is 22.9 Å². The molecule has 1 aromatic heterocycles. The third kappa shape index (κ3) is 4.28. The van der Waals surface area contributed by atoms with Crippen LogP contribution in [0.15, 0.2) is 77.8 Å². The van der Waals surface area contributed by atoms with Crippen LogP contribution >= 0.6 is 11.8 Å². The van der Waals surface area contributed by atoms with Crippen molar-refractivity contribution in [3.05, 3.63) is 78.4 Å². The van der Waals surface area contributed by atoms with E-state index in [2.05, 4.69) is 0 Å². The zero-order chi connectivity index (χ0) is 20.9. The number of nitrogens with zero attached hydrogens (tertiary/aromatic N) is 2. The summed E-state index contributed by atoms with van der Waals surface area (Å²) in [5, 5.41) is 1.61. The smallest absolute Gasteiger partial charge is 0.173 e. The second-order valence-electron chi connectivity index (χ2n) is 6.54. The average Bonchev–Trinajstić information content (AvgIpc) is 2.82. The maximum Gasteiger partial charge on any atom is 0.173 e. The van der Waals surface area contributed by atoms with Crippen LogP contribution < -0.4 is 9.47 Å². The summed E-state index contributed by atoms with van der Waals surface area (Å²) in [5.41, 5.74) is 2.38. The molecule has 3 aromatic carbocycles. The number of rotatable bonds is 7. The van der Waals surface area contributed by atoms with Gasteiger partial charge in [0.2, 0.25) is 0 Å². The van der Waals surface area contributed by atoms with E-state index in [1.54, 1.807) is 38.5 Å². The maximum absolute atomic E-state index is 12.7. The molecule has 150 valence electrons. The Kier molecular flexibility index (Phi) is 5.95. The van der Waals surface area contributed by atoms with E-state index in [-0.39, 0.29) is 11.5 Å². The number of thioether (sulfide) groups is 1. The molecule has 0 aliphatic rings. The van der Waals surface area contributed by atoms with Crippen LogP contribution in [0.2, 0.25) is 0 Å². The number of methoxy groups -OCH3 is 2. The second kappa shape index (κ2) is 8.97. The zero-order valence-corrected chi connectivity index (χ0v) is 17.5. The number of ether oxygens (including phenoxy) is 2. The summed E-state index contributed by atoms with van der Waals surface area (Å²) < 4.78 is 10.5. The molecule has 0 saturated heterocycles. The molecule has 0 fully saturated rings. The lowest BCUT2D eigenvalue weighted by Gasteiger charge is -2.10. The number of ketones is 1. The summed E-state index contributed by atoms with van der Waals surface area (Å²) in [5.74, 6) is 2.37. The lowest BCUT2D eigenvalue weighted by atomic mass is 10.1. The molecule has 1 heterocycles. The largest absolute Gasteiger partial charge is 0.497 e. The summed E-state index contributed by atoms with van der Waals surface area (Å²) >= 11 is 1.40. The molecule has 4 rings (SSSR count). The molecule has 0 saturated carbocycles. The van der Waals surface area contributed by atoms with Crippen molar-refractivity contribution < 1.29 is 14.3 Å². The van der Waals surface area contributed by atoms with E-state index in [4.69, 9.17) is 19.4 Å². The van der Waals surface area contributed by atoms with Gasteiger partial charge < -0.3 is 9.47 Å². The van der Waals surface area contributed by atoms with Gasteiger partial charge in [-0.25, -0.2) is 9.97 Å². The molecule has 0 radical (unpaired) electrons. The standard InChI is InChI=1S/C24H20N2O3S/c1-28-18-10-8-16(9-11-18)22(27)15-30-24-20-14-19(29-2)12-13-21(20)25-23(26-24)17-6-4-3-5-7-17/h3-14H,15H2,1-2H3. The number of carbonyl (C=O) groups is 1. The van der Waals surface area contributed by atoms with Gasteiger partial charge in [-0.05, 0) is 42.5 Å². The molecular formula is C24H20N2O3S. The lowest BCUT2D eigenvalue weighted by molar-refractivity contribution is 0.102. The summed E-state index contributed by atoms with van der Waals surface area (Å²) in [6.07, 6.45) is 0. The first-order valence-corrected chi connectivity index (χ1v) is 10.4. The van der Waals surface area contributed by atoms with Crippen LogP contribution in [0.3, 0.4) is 0 Å². The predicted octanol–water partition coefficient (Wildman–Crippen LogP) is 5.29. The lowest BCUT2D eigenvalue weighted by Crippen LogP contribution is -2.03. The number of aromatic nitrogens is 2. The molecule has 4 aromatic rings. The summed E-state index contributed by atoms with van der Waals surface area (Å²) in [7, 11) is 3.23. The molecule has 5 nitrogen and oxygen atoms in total. The van der Waals surface area contributed by atoms with Crippen LogP contribution in [0.1, 0.15) is 10.4 Å². The monoisotopic (exact) mass is 416 g/mol. The molecule has 0 aliphatic carbocycles. The van der Waals surface area contributed by atoms with Gasteiger partial charge in [0.25, 0.3) is 0 Å². The van der Waals surface area contributed by atoms with Gasteiger partial charge in [-0.15, -0.1) is 0 Å². The molecule has 0 bridgehead atoms. The van der Waals surface area contributed by atoms with E-state index in [1.165, 1.54) is 11.8 Å². The SMILES string of the molecule is COc1ccc(C(=O)CSc2nc(-c3ccccc3)nc3ccc(OC)cc23)cc1. The van der Waals surface area contributed by atoms with Crippen molar-refractivity contribution in [2.75, 3.05) is 20.0 Å². The quantitative estimate of drug-likeness (QED) is 0.232. The molecule has 6 heteroatoms. The highest BCUT2D eigenvalue weighted by atomic mass is 32.2. The zero-order valence-electron chi connectivity index (χ0n) is 16.7. The molecule has 30 heavy (non-hydrogen) atoms. The van der Waals surface area contributed by atoms with Gasteiger partial charge in [0.1, 0.15) is 16.5 Å². The summed E-state index contributed by atoms with van der Waals surface area (Å²) in [4.78, 5) is 22.2. The number of Topliss-reactive ketones (excluding diaryl/α,β-unsaturated/α-hetero) is 1. The van der Waals surface area contributed by atoms with E-state index in [1.807, 2.05) is 48.5 Å². The van der Waals surface area contributed by atoms with E-state index in [0.717, 1.165) is 33.0 Å². The predicted molar refractivity (Wildman–Crippen MR) is 120 cm³/mol. The Balaban J connectivity index is 1.67. The number of hydrogen-bond acceptors (Lipinski definition) is 6. The molecule has 0 N–H and O–H groups in total. The van der Waals surface area contributed by atoms with Gasteiger partial charge in [0, 0.05) is 16.5 Å². The molecular weight excluding hydrogens is 396 g/mol. The van der Waals surface area contributed by atoms with E-state index >= 15 is 0 Å². The van der Waals surface area contributed by atoms with E-state index < -0.39 is 0 Å². The van der Waals surface area contributed by atoms with Crippen molar-refractivity contribution in [1.29, 1.82) is 0 Å². The van der Waals surface area contributed by atoms with Crippen LogP contribution in [-0.4, -0.2) is 35.7 Å². The van der Waals surface area contributed by atoms with Crippen LogP contribution in [0.25, 0.3) is 22.3 Å². The van der Waals surface area contributed by atoms with Gasteiger partial charge in [0.15, 0.2) is 11.6 Å². The Hall–Kier alpha value is -3.38. The Morgan fingerprint density at radius 3 is 2.27 bits per heavy atom. The number of fused-ring (bicyclic) bond motifs is 1. The van der Waals surface area contributed by atoms with Gasteiger partial charge in [-0.1, -0.05) is 42.1 Å². The van der Waals surface area contributed by atoms with Gasteiger partial charge >= 0.3 is 0 Å². The summed E-state index contributed by atoms with van der Waals surface area (Å²) in [6, 6.07) is 22.6. The Labute approximate surface area is 179 Å². The highest BCUT2D eigenvalue weighted by molar-refractivity contribution is 8.00. The number of benzene rings is 3. The minimum atomic E-state index is 0.0265. The van der Waals surface area contributed by atoms with Crippen molar-refractivity contribution in [3.63, 3.8) is 0 Å². The van der Waals surface area contributed by atoms with Crippen molar-refractivity contribution in [2.24, 2.45) is 0 Å². The molecule has 0 aliphatic heterocycles. The van der Waals surface area contributed by atoms with Crippen LogP contribution in [0.4, 0.5) is 0 Å². The minimum Gasteiger partial charge on any atom is -0.497 e. The van der Waals surface area contributed by atoms with E-state index in [0.29, 0.717) is 11.4 Å². The maximum atomic E-state index is 12.7. The van der Waals surface area contributed by atoms with Gasteiger partial charge in [-0.3, -0.25) is 4.79 Å². The van der Waals surface area contributed by atoms with Crippen LogP contribution in [0.5, 0.6) is 11.5 Å². The fraction of sp³-hybridized carbons (Fsp3) is 0.125. The van der Waals surface area contributed by atoms with Gasteiger partial charge in [0.05, 0.1) is 25.5 Å². The average molecular weight is 417 g/mol.